The lowest BCUT2D eigenvalue weighted by molar-refractivity contribution is -0.137. The number of aromatic nitrogens is 1. The highest BCUT2D eigenvalue weighted by Gasteiger charge is 2.34. The Bertz CT molecular complexity index is 845. The van der Waals surface area contributed by atoms with Crippen LogP contribution in [0.4, 0.5) is 13.2 Å². The van der Waals surface area contributed by atoms with Gasteiger partial charge in [0.05, 0.1) is 12.7 Å². The van der Waals surface area contributed by atoms with Crippen LogP contribution in [0.3, 0.4) is 0 Å². The van der Waals surface area contributed by atoms with Crippen LogP contribution in [0.2, 0.25) is 0 Å². The lowest BCUT2D eigenvalue weighted by atomic mass is 9.97. The van der Waals surface area contributed by atoms with Crippen molar-refractivity contribution in [2.75, 3.05) is 7.11 Å². The zero-order chi connectivity index (χ0) is 17.2. The summed E-state index contributed by atoms with van der Waals surface area (Å²) in [7, 11) is 1.39. The zero-order valence-corrected chi connectivity index (χ0v) is 12.8. The highest BCUT2D eigenvalue weighted by atomic mass is 19.4. The molecule has 24 heavy (non-hydrogen) atoms. The molecular formula is C19H14F3NO. The minimum atomic E-state index is -4.45. The molecule has 0 saturated heterocycles. The number of methoxy groups -OCH3 is 1. The minimum absolute atomic E-state index is 0.0483. The normalized spacial score (nSPS) is 11.3. The van der Waals surface area contributed by atoms with Crippen molar-refractivity contribution >= 4 is 0 Å². The van der Waals surface area contributed by atoms with Gasteiger partial charge in [-0.1, -0.05) is 48.5 Å². The van der Waals surface area contributed by atoms with Gasteiger partial charge in [-0.05, 0) is 23.3 Å². The summed E-state index contributed by atoms with van der Waals surface area (Å²) in [4.78, 5) is 4.18. The number of hydrogen-bond donors (Lipinski definition) is 0. The maximum absolute atomic E-state index is 13.3. The first kappa shape index (κ1) is 16.1. The van der Waals surface area contributed by atoms with E-state index in [4.69, 9.17) is 4.74 Å². The molecule has 2 aromatic carbocycles. The Morgan fingerprint density at radius 2 is 1.50 bits per heavy atom. The molecule has 0 aliphatic heterocycles. The largest absolute Gasteiger partial charge is 0.481 e. The molecule has 0 N–H and O–H groups in total. The maximum Gasteiger partial charge on any atom is 0.417 e. The van der Waals surface area contributed by atoms with E-state index in [2.05, 4.69) is 4.98 Å². The van der Waals surface area contributed by atoms with E-state index in [1.165, 1.54) is 19.2 Å². The molecule has 0 saturated carbocycles. The molecule has 0 spiro atoms. The molecule has 0 fully saturated rings. The number of alkyl halides is 3. The highest BCUT2D eigenvalue weighted by molar-refractivity contribution is 5.77. The molecule has 0 radical (unpaired) electrons. The Labute approximate surface area is 137 Å². The lowest BCUT2D eigenvalue weighted by Gasteiger charge is -2.15. The van der Waals surface area contributed by atoms with Gasteiger partial charge in [0, 0.05) is 17.3 Å². The fraction of sp³-hybridized carbons (Fsp3) is 0.105. The Balaban J connectivity index is 2.21. The van der Waals surface area contributed by atoms with Crippen LogP contribution in [-0.2, 0) is 6.18 Å². The van der Waals surface area contributed by atoms with Crippen LogP contribution in [0.1, 0.15) is 5.56 Å². The van der Waals surface area contributed by atoms with Crippen LogP contribution >= 0.6 is 0 Å². The van der Waals surface area contributed by atoms with E-state index in [1.807, 2.05) is 30.3 Å². The summed E-state index contributed by atoms with van der Waals surface area (Å²) in [5.41, 5.74) is 1.25. The summed E-state index contributed by atoms with van der Waals surface area (Å²) in [5.74, 6) is 0.159. The van der Waals surface area contributed by atoms with Crippen LogP contribution in [0, 0.1) is 0 Å². The van der Waals surface area contributed by atoms with Crippen molar-refractivity contribution < 1.29 is 17.9 Å². The zero-order valence-electron chi connectivity index (χ0n) is 12.8. The summed E-state index contributed by atoms with van der Waals surface area (Å²) in [6.45, 7) is 0. The van der Waals surface area contributed by atoms with Gasteiger partial charge in [-0.15, -0.1) is 0 Å². The monoisotopic (exact) mass is 329 g/mol. The number of nitrogens with zero attached hydrogens (tertiary/aromatic N) is 1. The number of ether oxygens (including phenoxy) is 1. The van der Waals surface area contributed by atoms with Crippen molar-refractivity contribution in [3.63, 3.8) is 0 Å². The number of halogens is 3. The van der Waals surface area contributed by atoms with E-state index in [-0.39, 0.29) is 11.4 Å². The second-order valence-electron chi connectivity index (χ2n) is 5.19. The van der Waals surface area contributed by atoms with Gasteiger partial charge >= 0.3 is 6.18 Å². The maximum atomic E-state index is 13.3. The van der Waals surface area contributed by atoms with Gasteiger partial charge in [-0.2, -0.15) is 13.2 Å². The molecule has 1 aromatic heterocycles. The van der Waals surface area contributed by atoms with Crippen LogP contribution < -0.4 is 4.74 Å². The first-order valence-corrected chi connectivity index (χ1v) is 7.27. The van der Waals surface area contributed by atoms with Crippen LogP contribution in [0.15, 0.2) is 66.9 Å². The van der Waals surface area contributed by atoms with Crippen LogP contribution in [0.25, 0.3) is 22.3 Å². The Kier molecular flexibility index (Phi) is 4.25. The van der Waals surface area contributed by atoms with Gasteiger partial charge < -0.3 is 4.74 Å². The van der Waals surface area contributed by atoms with Gasteiger partial charge in [-0.25, -0.2) is 4.98 Å². The first-order valence-electron chi connectivity index (χ1n) is 7.27. The lowest BCUT2D eigenvalue weighted by Crippen LogP contribution is -2.07. The summed E-state index contributed by atoms with van der Waals surface area (Å²) in [6, 6.07) is 16.5. The van der Waals surface area contributed by atoms with Crippen molar-refractivity contribution in [1.29, 1.82) is 0 Å². The Morgan fingerprint density at radius 1 is 0.833 bits per heavy atom. The molecule has 0 aliphatic carbocycles. The van der Waals surface area contributed by atoms with E-state index < -0.39 is 11.7 Å². The van der Waals surface area contributed by atoms with Gasteiger partial charge in [0.2, 0.25) is 5.88 Å². The number of rotatable bonds is 3. The average Bonchev–Trinajstić information content (AvgIpc) is 2.61. The van der Waals surface area contributed by atoms with E-state index >= 15 is 0 Å². The smallest absolute Gasteiger partial charge is 0.417 e. The van der Waals surface area contributed by atoms with Crippen molar-refractivity contribution in [2.24, 2.45) is 0 Å². The SMILES string of the molecule is COc1ncc(-c2ccccc2)cc1-c1ccccc1C(F)(F)F. The molecular weight excluding hydrogens is 315 g/mol. The van der Waals surface area contributed by atoms with Crippen LogP contribution in [0.5, 0.6) is 5.88 Å². The fourth-order valence-corrected chi connectivity index (χ4v) is 2.56. The highest BCUT2D eigenvalue weighted by Crippen LogP contribution is 2.40. The molecule has 0 atom stereocenters. The summed E-state index contributed by atoms with van der Waals surface area (Å²) in [6.07, 6.45) is -2.86. The van der Waals surface area contributed by atoms with E-state index in [0.29, 0.717) is 5.56 Å². The predicted octanol–water partition coefficient (Wildman–Crippen LogP) is 5.44. The molecule has 122 valence electrons. The fourth-order valence-electron chi connectivity index (χ4n) is 2.56. The Hall–Kier alpha value is -2.82. The summed E-state index contributed by atoms with van der Waals surface area (Å²) < 4.78 is 45.2. The number of benzene rings is 2. The topological polar surface area (TPSA) is 22.1 Å². The van der Waals surface area contributed by atoms with E-state index in [1.54, 1.807) is 18.3 Å². The molecule has 1 heterocycles. The third-order valence-corrected chi connectivity index (χ3v) is 3.67. The molecule has 0 bridgehead atoms. The minimum Gasteiger partial charge on any atom is -0.481 e. The Morgan fingerprint density at radius 3 is 2.17 bits per heavy atom. The molecule has 2 nitrogen and oxygen atoms in total. The summed E-state index contributed by atoms with van der Waals surface area (Å²) >= 11 is 0. The summed E-state index contributed by atoms with van der Waals surface area (Å²) in [5, 5.41) is 0. The molecule has 0 aliphatic rings. The molecule has 3 rings (SSSR count). The average molecular weight is 329 g/mol. The van der Waals surface area contributed by atoms with Gasteiger partial charge in [0.1, 0.15) is 0 Å². The second kappa shape index (κ2) is 6.35. The van der Waals surface area contributed by atoms with E-state index in [9.17, 15) is 13.2 Å². The first-order chi connectivity index (χ1) is 11.5. The van der Waals surface area contributed by atoms with E-state index in [0.717, 1.165) is 17.2 Å². The molecule has 0 amide bonds. The quantitative estimate of drug-likeness (QED) is 0.638. The van der Waals surface area contributed by atoms with Crippen molar-refractivity contribution in [3.8, 4) is 28.1 Å². The standard InChI is InChI=1S/C19H14F3NO/c1-24-18-16(15-9-5-6-10-17(15)19(20,21)22)11-14(12-23-18)13-7-3-2-4-8-13/h2-12H,1H3. The molecule has 3 aromatic rings. The van der Waals surface area contributed by atoms with Crippen molar-refractivity contribution in [2.45, 2.75) is 6.18 Å². The number of pyridine rings is 1. The van der Waals surface area contributed by atoms with Gasteiger partial charge in [0.15, 0.2) is 0 Å². The predicted molar refractivity (Wildman–Crippen MR) is 86.7 cm³/mol. The number of hydrogen-bond acceptors (Lipinski definition) is 2. The van der Waals surface area contributed by atoms with Gasteiger partial charge in [0.25, 0.3) is 0 Å². The third kappa shape index (κ3) is 3.11. The second-order valence-corrected chi connectivity index (χ2v) is 5.19. The third-order valence-electron chi connectivity index (χ3n) is 3.67. The van der Waals surface area contributed by atoms with Crippen molar-refractivity contribution in [1.82, 2.24) is 4.98 Å². The van der Waals surface area contributed by atoms with Crippen molar-refractivity contribution in [3.05, 3.63) is 72.4 Å². The molecule has 0 unspecified atom stereocenters. The molecule has 5 heteroatoms. The van der Waals surface area contributed by atoms with Gasteiger partial charge in [-0.3, -0.25) is 0 Å². The van der Waals surface area contributed by atoms with Crippen LogP contribution in [-0.4, -0.2) is 12.1 Å².